The Labute approximate surface area is 126 Å². The van der Waals surface area contributed by atoms with Gasteiger partial charge in [0.25, 0.3) is 0 Å². The van der Waals surface area contributed by atoms with Crippen molar-refractivity contribution in [2.24, 2.45) is 5.92 Å². The van der Waals surface area contributed by atoms with Gasteiger partial charge >= 0.3 is 6.36 Å². The largest absolute Gasteiger partial charge is 0.573 e. The Morgan fingerprint density at radius 1 is 1.18 bits per heavy atom. The van der Waals surface area contributed by atoms with Crippen molar-refractivity contribution in [3.05, 3.63) is 24.3 Å². The van der Waals surface area contributed by atoms with Gasteiger partial charge in [-0.2, -0.15) is 0 Å². The van der Waals surface area contributed by atoms with Gasteiger partial charge in [-0.1, -0.05) is 12.1 Å². The highest BCUT2D eigenvalue weighted by Crippen LogP contribution is 2.39. The Morgan fingerprint density at radius 2 is 1.77 bits per heavy atom. The van der Waals surface area contributed by atoms with Gasteiger partial charge in [0.05, 0.1) is 5.92 Å². The molecule has 1 aliphatic carbocycles. The molecule has 0 saturated heterocycles. The van der Waals surface area contributed by atoms with E-state index in [1.54, 1.807) is 6.07 Å². The zero-order valence-corrected chi connectivity index (χ0v) is 12.5. The third-order valence-corrected chi connectivity index (χ3v) is 2.92. The van der Waals surface area contributed by atoms with Crippen LogP contribution in [0.5, 0.6) is 11.5 Å². The van der Waals surface area contributed by atoms with Gasteiger partial charge in [0.2, 0.25) is 5.91 Å². The molecule has 1 amide bonds. The second-order valence-electron chi connectivity index (χ2n) is 6.23. The Hall–Kier alpha value is -1.92. The fraction of sp³-hybridized carbons (Fsp3) is 0.533. The van der Waals surface area contributed by atoms with Crippen molar-refractivity contribution in [3.8, 4) is 11.5 Å². The number of rotatable bonds is 4. The van der Waals surface area contributed by atoms with Crippen LogP contribution in [-0.2, 0) is 4.79 Å². The molecule has 2 rings (SSSR count). The topological polar surface area (TPSA) is 47.6 Å². The highest BCUT2D eigenvalue weighted by Gasteiger charge is 2.46. The van der Waals surface area contributed by atoms with Crippen molar-refractivity contribution < 1.29 is 27.4 Å². The highest BCUT2D eigenvalue weighted by molar-refractivity contribution is 5.82. The van der Waals surface area contributed by atoms with Crippen LogP contribution >= 0.6 is 0 Å². The summed E-state index contributed by atoms with van der Waals surface area (Å²) in [5, 5.41) is 2.82. The minimum atomic E-state index is -4.79. The Bertz CT molecular complexity index is 552. The van der Waals surface area contributed by atoms with E-state index in [2.05, 4.69) is 10.1 Å². The first-order valence-corrected chi connectivity index (χ1v) is 6.89. The van der Waals surface area contributed by atoms with E-state index in [-0.39, 0.29) is 23.1 Å². The maximum atomic E-state index is 12.3. The van der Waals surface area contributed by atoms with Crippen LogP contribution in [0.3, 0.4) is 0 Å². The number of carbonyl (C=O) groups excluding carboxylic acids is 1. The van der Waals surface area contributed by atoms with E-state index < -0.39 is 18.2 Å². The lowest BCUT2D eigenvalue weighted by Gasteiger charge is -2.20. The van der Waals surface area contributed by atoms with Crippen LogP contribution in [0.4, 0.5) is 13.2 Å². The molecule has 1 aromatic carbocycles. The molecule has 0 spiro atoms. The zero-order chi connectivity index (χ0) is 16.5. The first kappa shape index (κ1) is 16.5. The van der Waals surface area contributed by atoms with Crippen molar-refractivity contribution in [2.45, 2.75) is 45.2 Å². The van der Waals surface area contributed by atoms with Crippen LogP contribution in [0.15, 0.2) is 24.3 Å². The summed E-state index contributed by atoms with van der Waals surface area (Å²) in [6.45, 7) is 5.57. The van der Waals surface area contributed by atoms with Gasteiger partial charge in [0.1, 0.15) is 6.10 Å². The van der Waals surface area contributed by atoms with Crippen molar-refractivity contribution in [2.75, 3.05) is 0 Å². The van der Waals surface area contributed by atoms with Gasteiger partial charge in [0, 0.05) is 12.0 Å². The molecule has 2 atom stereocenters. The third kappa shape index (κ3) is 4.82. The third-order valence-electron chi connectivity index (χ3n) is 2.92. The molecule has 7 heteroatoms. The summed E-state index contributed by atoms with van der Waals surface area (Å²) in [6.07, 6.45) is -4.74. The number of nitrogens with one attached hydrogen (secondary N) is 1. The molecule has 1 fully saturated rings. The standard InChI is InChI=1S/C15H18F3NO3/c1-14(2,3)19-13(20)9-8-12(9)21-10-6-4-5-7-11(10)22-15(16,17)18/h4-7,9,12H,8H2,1-3H3,(H,19,20)/t9-,12-/m0/s1. The van der Waals surface area contributed by atoms with Gasteiger partial charge in [-0.05, 0) is 32.9 Å². The molecule has 1 aromatic rings. The minimum Gasteiger partial charge on any atom is -0.486 e. The number of para-hydroxylation sites is 2. The molecule has 1 saturated carbocycles. The van der Waals surface area contributed by atoms with Crippen LogP contribution in [0.25, 0.3) is 0 Å². The number of hydrogen-bond donors (Lipinski definition) is 1. The SMILES string of the molecule is CC(C)(C)NC(=O)[C@H]1C[C@@H]1Oc1ccccc1OC(F)(F)F. The van der Waals surface area contributed by atoms with Gasteiger partial charge in [-0.15, -0.1) is 13.2 Å². The van der Waals surface area contributed by atoms with E-state index in [1.165, 1.54) is 18.2 Å². The van der Waals surface area contributed by atoms with Gasteiger partial charge in [-0.3, -0.25) is 4.79 Å². The summed E-state index contributed by atoms with van der Waals surface area (Å²) in [7, 11) is 0. The number of ether oxygens (including phenoxy) is 2. The van der Waals surface area contributed by atoms with E-state index in [9.17, 15) is 18.0 Å². The predicted molar refractivity (Wildman–Crippen MR) is 73.5 cm³/mol. The fourth-order valence-electron chi connectivity index (χ4n) is 1.96. The lowest BCUT2D eigenvalue weighted by Crippen LogP contribution is -2.42. The van der Waals surface area contributed by atoms with E-state index in [1.807, 2.05) is 20.8 Å². The zero-order valence-electron chi connectivity index (χ0n) is 12.5. The molecule has 0 unspecified atom stereocenters. The number of benzene rings is 1. The minimum absolute atomic E-state index is 0.0177. The molecule has 1 aliphatic rings. The average molecular weight is 317 g/mol. The molecule has 0 heterocycles. The van der Waals surface area contributed by atoms with Crippen LogP contribution in [0.2, 0.25) is 0 Å². The summed E-state index contributed by atoms with van der Waals surface area (Å²) in [5.41, 5.74) is -0.360. The Balaban J connectivity index is 1.98. The van der Waals surface area contributed by atoms with Crippen molar-refractivity contribution in [3.63, 3.8) is 0 Å². The quantitative estimate of drug-likeness (QED) is 0.927. The average Bonchev–Trinajstić information content (AvgIpc) is 3.07. The highest BCUT2D eigenvalue weighted by atomic mass is 19.4. The number of halogens is 3. The van der Waals surface area contributed by atoms with Gasteiger partial charge in [-0.25, -0.2) is 0 Å². The van der Waals surface area contributed by atoms with Crippen LogP contribution < -0.4 is 14.8 Å². The molecular formula is C15H18F3NO3. The molecule has 4 nitrogen and oxygen atoms in total. The molecule has 0 aromatic heterocycles. The second kappa shape index (κ2) is 5.70. The van der Waals surface area contributed by atoms with Crippen molar-refractivity contribution in [1.29, 1.82) is 0 Å². The maximum absolute atomic E-state index is 12.3. The predicted octanol–water partition coefficient (Wildman–Crippen LogP) is 3.27. The summed E-state index contributed by atoms with van der Waals surface area (Å²) in [5.74, 6) is -0.933. The number of amides is 1. The fourth-order valence-corrected chi connectivity index (χ4v) is 1.96. The van der Waals surface area contributed by atoms with Crippen LogP contribution in [0.1, 0.15) is 27.2 Å². The summed E-state index contributed by atoms with van der Waals surface area (Å²) in [6, 6.07) is 5.53. The first-order chi connectivity index (χ1) is 10.1. The van der Waals surface area contributed by atoms with E-state index in [0.717, 1.165) is 0 Å². The second-order valence-corrected chi connectivity index (χ2v) is 6.23. The number of hydrogen-bond acceptors (Lipinski definition) is 3. The van der Waals surface area contributed by atoms with Crippen molar-refractivity contribution in [1.82, 2.24) is 5.32 Å². The number of alkyl halides is 3. The smallest absolute Gasteiger partial charge is 0.486 e. The van der Waals surface area contributed by atoms with E-state index in [4.69, 9.17) is 4.74 Å². The molecule has 0 bridgehead atoms. The van der Waals surface area contributed by atoms with Crippen LogP contribution in [0, 0.1) is 5.92 Å². The normalized spacial score (nSPS) is 21.2. The summed E-state index contributed by atoms with van der Waals surface area (Å²) in [4.78, 5) is 11.9. The monoisotopic (exact) mass is 317 g/mol. The first-order valence-electron chi connectivity index (χ1n) is 6.89. The summed E-state index contributed by atoms with van der Waals surface area (Å²) < 4.78 is 46.3. The molecule has 1 N–H and O–H groups in total. The molecule has 0 radical (unpaired) electrons. The molecule has 22 heavy (non-hydrogen) atoms. The van der Waals surface area contributed by atoms with Gasteiger partial charge < -0.3 is 14.8 Å². The van der Waals surface area contributed by atoms with Crippen molar-refractivity contribution >= 4 is 5.91 Å². The Morgan fingerprint density at radius 3 is 2.32 bits per heavy atom. The lowest BCUT2D eigenvalue weighted by atomic mass is 10.1. The van der Waals surface area contributed by atoms with Crippen LogP contribution in [-0.4, -0.2) is 23.9 Å². The molecule has 0 aliphatic heterocycles. The van der Waals surface area contributed by atoms with E-state index in [0.29, 0.717) is 6.42 Å². The number of carbonyl (C=O) groups is 1. The maximum Gasteiger partial charge on any atom is 0.573 e. The molecular weight excluding hydrogens is 299 g/mol. The Kier molecular flexibility index (Phi) is 4.26. The summed E-state index contributed by atoms with van der Waals surface area (Å²) >= 11 is 0. The lowest BCUT2D eigenvalue weighted by molar-refractivity contribution is -0.275. The van der Waals surface area contributed by atoms with Gasteiger partial charge in [0.15, 0.2) is 11.5 Å². The van der Waals surface area contributed by atoms with E-state index >= 15 is 0 Å². The molecule has 122 valence electrons.